The monoisotopic (exact) mass is 310 g/mol. The average Bonchev–Trinajstić information content (AvgIpc) is 2.49. The maximum atomic E-state index is 2.28. The second-order valence-electron chi connectivity index (χ2n) is 7.17. The summed E-state index contributed by atoms with van der Waals surface area (Å²) in [6.45, 7) is 17.8. The third-order valence-electron chi connectivity index (χ3n) is 4.43. The van der Waals surface area contributed by atoms with Gasteiger partial charge in [0.05, 0.1) is 0 Å². The number of hydrogen-bond acceptors (Lipinski definition) is 0. The predicted octanol–water partition coefficient (Wildman–Crippen LogP) is 7.11. The van der Waals surface area contributed by atoms with E-state index in [2.05, 4.69) is 91.8 Å². The summed E-state index contributed by atoms with van der Waals surface area (Å²) < 4.78 is 0. The van der Waals surface area contributed by atoms with E-state index < -0.39 is 0 Å². The zero-order valence-electron chi connectivity index (χ0n) is 16.3. The summed E-state index contributed by atoms with van der Waals surface area (Å²) in [5.41, 5.74) is 8.73. The van der Waals surface area contributed by atoms with Crippen LogP contribution >= 0.6 is 0 Å². The molecule has 0 aliphatic carbocycles. The molecule has 0 N–H and O–H groups in total. The highest BCUT2D eigenvalue weighted by Crippen LogP contribution is 2.23. The van der Waals surface area contributed by atoms with Gasteiger partial charge in [-0.2, -0.15) is 0 Å². The molecule has 0 spiro atoms. The van der Waals surface area contributed by atoms with Crippen molar-refractivity contribution in [1.82, 2.24) is 0 Å². The molecule has 126 valence electrons. The zero-order valence-corrected chi connectivity index (χ0v) is 16.3. The fourth-order valence-electron chi connectivity index (χ4n) is 3.26. The smallest absolute Gasteiger partial charge is 0.0213 e. The Morgan fingerprint density at radius 3 is 1.87 bits per heavy atom. The SMILES string of the molecule is CCc1cccc(C)c1C(C)C.Cc1ccc(C)c(C(C)C)c1. The van der Waals surface area contributed by atoms with Gasteiger partial charge >= 0.3 is 0 Å². The van der Waals surface area contributed by atoms with Crippen molar-refractivity contribution < 1.29 is 0 Å². The minimum Gasteiger partial charge on any atom is -0.0617 e. The molecule has 0 saturated carbocycles. The molecule has 0 heteroatoms. The van der Waals surface area contributed by atoms with Crippen LogP contribution in [0.3, 0.4) is 0 Å². The van der Waals surface area contributed by atoms with Gasteiger partial charge in [-0.15, -0.1) is 0 Å². The van der Waals surface area contributed by atoms with Crippen LogP contribution < -0.4 is 0 Å². The van der Waals surface area contributed by atoms with Crippen molar-refractivity contribution in [1.29, 1.82) is 0 Å². The lowest BCUT2D eigenvalue weighted by Gasteiger charge is -2.14. The van der Waals surface area contributed by atoms with Gasteiger partial charge in [0.2, 0.25) is 0 Å². The summed E-state index contributed by atoms with van der Waals surface area (Å²) in [5.74, 6) is 1.30. The zero-order chi connectivity index (χ0) is 17.6. The normalized spacial score (nSPS) is 10.7. The quantitative estimate of drug-likeness (QED) is 0.566. The fraction of sp³-hybridized carbons (Fsp3) is 0.478. The molecule has 0 aliphatic heterocycles. The third kappa shape index (κ3) is 5.53. The van der Waals surface area contributed by atoms with Crippen LogP contribution in [0.4, 0.5) is 0 Å². The Morgan fingerprint density at radius 2 is 1.43 bits per heavy atom. The lowest BCUT2D eigenvalue weighted by atomic mass is 9.92. The second-order valence-corrected chi connectivity index (χ2v) is 7.17. The maximum Gasteiger partial charge on any atom is -0.0213 e. The highest BCUT2D eigenvalue weighted by molar-refractivity contribution is 5.36. The van der Waals surface area contributed by atoms with Gasteiger partial charge in [0.15, 0.2) is 0 Å². The average molecular weight is 311 g/mol. The molecule has 0 radical (unpaired) electrons. The predicted molar refractivity (Wildman–Crippen MR) is 105 cm³/mol. The van der Waals surface area contributed by atoms with Crippen LogP contribution in [0.1, 0.15) is 79.8 Å². The lowest BCUT2D eigenvalue weighted by molar-refractivity contribution is 0.834. The van der Waals surface area contributed by atoms with Gasteiger partial charge in [-0.05, 0) is 66.8 Å². The molecule has 0 bridgehead atoms. The standard InChI is InChI=1S/C12H18.C11H16/c1-5-11-8-6-7-10(4)12(11)9(2)3;1-8(2)11-7-9(3)5-6-10(11)4/h6-9H,5H2,1-4H3;5-8H,1-4H3. The van der Waals surface area contributed by atoms with Gasteiger partial charge in [-0.3, -0.25) is 0 Å². The van der Waals surface area contributed by atoms with Crippen molar-refractivity contribution in [3.8, 4) is 0 Å². The fourth-order valence-corrected chi connectivity index (χ4v) is 3.26. The molecular weight excluding hydrogens is 276 g/mol. The van der Waals surface area contributed by atoms with E-state index in [-0.39, 0.29) is 0 Å². The number of rotatable bonds is 3. The first-order valence-corrected chi connectivity index (χ1v) is 8.93. The van der Waals surface area contributed by atoms with Crippen molar-refractivity contribution in [2.24, 2.45) is 0 Å². The molecule has 23 heavy (non-hydrogen) atoms. The Kier molecular flexibility index (Phi) is 7.55. The molecule has 0 aliphatic rings. The lowest BCUT2D eigenvalue weighted by Crippen LogP contribution is -1.97. The van der Waals surface area contributed by atoms with Crippen molar-refractivity contribution in [2.45, 2.75) is 73.6 Å². The van der Waals surface area contributed by atoms with E-state index in [0.29, 0.717) is 11.8 Å². The number of aryl methyl sites for hydroxylation is 4. The summed E-state index contributed by atoms with van der Waals surface area (Å²) in [6, 6.07) is 13.2. The summed E-state index contributed by atoms with van der Waals surface area (Å²) in [6.07, 6.45) is 1.15. The van der Waals surface area contributed by atoms with Crippen LogP contribution in [0.25, 0.3) is 0 Å². The molecule has 0 nitrogen and oxygen atoms in total. The minimum atomic E-state index is 0.648. The molecular formula is C23H34. The largest absolute Gasteiger partial charge is 0.0617 e. The van der Waals surface area contributed by atoms with E-state index in [1.807, 2.05) is 0 Å². The van der Waals surface area contributed by atoms with E-state index in [1.165, 1.54) is 27.8 Å². The van der Waals surface area contributed by atoms with E-state index in [0.717, 1.165) is 6.42 Å². The third-order valence-corrected chi connectivity index (χ3v) is 4.43. The molecule has 0 heterocycles. The first-order valence-electron chi connectivity index (χ1n) is 8.93. The van der Waals surface area contributed by atoms with E-state index in [9.17, 15) is 0 Å². The van der Waals surface area contributed by atoms with Crippen LogP contribution in [-0.4, -0.2) is 0 Å². The van der Waals surface area contributed by atoms with Gasteiger partial charge in [0.25, 0.3) is 0 Å². The summed E-state index contributed by atoms with van der Waals surface area (Å²) in [5, 5.41) is 0. The molecule has 0 unspecified atom stereocenters. The number of hydrogen-bond donors (Lipinski definition) is 0. The highest BCUT2D eigenvalue weighted by atomic mass is 14.1. The molecule has 0 amide bonds. The van der Waals surface area contributed by atoms with Crippen LogP contribution in [0.15, 0.2) is 36.4 Å². The first kappa shape index (κ1) is 19.5. The maximum absolute atomic E-state index is 2.28. The Labute approximate surface area is 144 Å². The minimum absolute atomic E-state index is 0.648. The van der Waals surface area contributed by atoms with E-state index >= 15 is 0 Å². The Bertz CT molecular complexity index is 618. The van der Waals surface area contributed by atoms with E-state index in [1.54, 1.807) is 5.56 Å². The van der Waals surface area contributed by atoms with Gasteiger partial charge in [0, 0.05) is 0 Å². The topological polar surface area (TPSA) is 0 Å². The van der Waals surface area contributed by atoms with Crippen LogP contribution in [0.2, 0.25) is 0 Å². The van der Waals surface area contributed by atoms with Crippen molar-refractivity contribution in [3.05, 3.63) is 69.8 Å². The molecule has 2 aromatic rings. The van der Waals surface area contributed by atoms with E-state index in [4.69, 9.17) is 0 Å². The molecule has 0 atom stereocenters. The van der Waals surface area contributed by atoms with Gasteiger partial charge < -0.3 is 0 Å². The number of benzene rings is 2. The molecule has 0 fully saturated rings. The van der Waals surface area contributed by atoms with Crippen molar-refractivity contribution in [3.63, 3.8) is 0 Å². The van der Waals surface area contributed by atoms with Gasteiger partial charge in [0.1, 0.15) is 0 Å². The van der Waals surface area contributed by atoms with Crippen molar-refractivity contribution >= 4 is 0 Å². The molecule has 2 aromatic carbocycles. The molecule has 0 aromatic heterocycles. The van der Waals surface area contributed by atoms with Crippen LogP contribution in [0.5, 0.6) is 0 Å². The highest BCUT2D eigenvalue weighted by Gasteiger charge is 2.06. The second kappa shape index (κ2) is 8.91. The van der Waals surface area contributed by atoms with Crippen molar-refractivity contribution in [2.75, 3.05) is 0 Å². The van der Waals surface area contributed by atoms with Gasteiger partial charge in [-0.25, -0.2) is 0 Å². The summed E-state index contributed by atoms with van der Waals surface area (Å²) >= 11 is 0. The summed E-state index contributed by atoms with van der Waals surface area (Å²) in [7, 11) is 0. The van der Waals surface area contributed by atoms with Gasteiger partial charge in [-0.1, -0.05) is 76.6 Å². The summed E-state index contributed by atoms with van der Waals surface area (Å²) in [4.78, 5) is 0. The van der Waals surface area contributed by atoms with Crippen LogP contribution in [0, 0.1) is 20.8 Å². The Morgan fingerprint density at radius 1 is 0.783 bits per heavy atom. The molecule has 0 saturated heterocycles. The Balaban J connectivity index is 0.000000231. The molecule has 2 rings (SSSR count). The first-order chi connectivity index (χ1) is 10.8. The van der Waals surface area contributed by atoms with Crippen LogP contribution in [-0.2, 0) is 6.42 Å². The Hall–Kier alpha value is -1.56.